The van der Waals surface area contributed by atoms with E-state index >= 15 is 0 Å². The Bertz CT molecular complexity index is 1190. The van der Waals surface area contributed by atoms with Crippen LogP contribution in [0.2, 0.25) is 0 Å². The van der Waals surface area contributed by atoms with Gasteiger partial charge in [0.1, 0.15) is 17.0 Å². The zero-order valence-electron chi connectivity index (χ0n) is 17.2. The zero-order valence-corrected chi connectivity index (χ0v) is 18.0. The number of methoxy groups -OCH3 is 1. The van der Waals surface area contributed by atoms with E-state index in [1.165, 1.54) is 20.5 Å². The number of likely N-dealkylation sites (tertiary alicyclic amines) is 1. The molecule has 2 aromatic heterocycles. The fraction of sp³-hybridized carbons (Fsp3) is 0.409. The van der Waals surface area contributed by atoms with Gasteiger partial charge in [-0.25, -0.2) is 4.79 Å². The van der Waals surface area contributed by atoms with Crippen LogP contribution in [-0.4, -0.2) is 40.1 Å². The van der Waals surface area contributed by atoms with E-state index in [-0.39, 0.29) is 24.6 Å². The first-order chi connectivity index (χ1) is 14.5. The van der Waals surface area contributed by atoms with E-state index in [9.17, 15) is 14.4 Å². The van der Waals surface area contributed by atoms with Crippen LogP contribution in [0.15, 0.2) is 45.3 Å². The van der Waals surface area contributed by atoms with Crippen LogP contribution >= 0.6 is 11.3 Å². The summed E-state index contributed by atoms with van der Waals surface area (Å²) in [5.74, 6) is 1.14. The lowest BCUT2D eigenvalue weighted by molar-refractivity contribution is -0.133. The summed E-state index contributed by atoms with van der Waals surface area (Å²) in [5.41, 5.74) is 0.435. The molecule has 1 saturated heterocycles. The number of carbonyl (C=O) groups excluding carboxylic acids is 1. The summed E-state index contributed by atoms with van der Waals surface area (Å²) in [5, 5.41) is 1.78. The number of hydrogen-bond donors (Lipinski definition) is 0. The Kier molecular flexibility index (Phi) is 5.76. The van der Waals surface area contributed by atoms with E-state index < -0.39 is 5.69 Å². The van der Waals surface area contributed by atoms with Crippen molar-refractivity contribution in [1.29, 1.82) is 0 Å². The van der Waals surface area contributed by atoms with Gasteiger partial charge in [-0.05, 0) is 36.3 Å². The number of aromatic nitrogens is 2. The minimum atomic E-state index is -0.476. The van der Waals surface area contributed by atoms with Gasteiger partial charge in [0, 0.05) is 18.7 Å². The number of para-hydroxylation sites is 1. The molecule has 7 nitrogen and oxygen atoms in total. The number of thiophene rings is 1. The molecule has 0 bridgehead atoms. The predicted molar refractivity (Wildman–Crippen MR) is 117 cm³/mol. The molecule has 1 aliphatic rings. The molecule has 1 amide bonds. The van der Waals surface area contributed by atoms with E-state index in [1.807, 2.05) is 23.1 Å². The van der Waals surface area contributed by atoms with Crippen LogP contribution in [0.1, 0.15) is 25.3 Å². The van der Waals surface area contributed by atoms with Gasteiger partial charge in [-0.15, -0.1) is 11.3 Å². The van der Waals surface area contributed by atoms with Gasteiger partial charge in [-0.1, -0.05) is 25.1 Å². The molecule has 0 atom stereocenters. The maximum Gasteiger partial charge on any atom is 0.332 e. The third kappa shape index (κ3) is 3.79. The molecule has 30 heavy (non-hydrogen) atoms. The van der Waals surface area contributed by atoms with E-state index in [1.54, 1.807) is 24.6 Å². The third-order valence-corrected chi connectivity index (χ3v) is 6.68. The van der Waals surface area contributed by atoms with Gasteiger partial charge < -0.3 is 9.64 Å². The Morgan fingerprint density at radius 2 is 1.87 bits per heavy atom. The number of carbonyl (C=O) groups is 1. The zero-order chi connectivity index (χ0) is 21.3. The molecule has 3 aromatic rings. The highest BCUT2D eigenvalue weighted by molar-refractivity contribution is 7.17. The molecule has 1 aliphatic heterocycles. The van der Waals surface area contributed by atoms with Crippen molar-refractivity contribution in [3.63, 3.8) is 0 Å². The molecule has 158 valence electrons. The second-order valence-electron chi connectivity index (χ2n) is 7.77. The second kappa shape index (κ2) is 8.47. The first-order valence-electron chi connectivity index (χ1n) is 10.1. The molecule has 0 saturated carbocycles. The van der Waals surface area contributed by atoms with E-state index in [0.717, 1.165) is 18.4 Å². The molecule has 3 heterocycles. The minimum absolute atomic E-state index is 0.0628. The molecule has 0 unspecified atom stereocenters. The number of fused-ring (bicyclic) bond motifs is 1. The molecule has 4 rings (SSSR count). The van der Waals surface area contributed by atoms with Crippen LogP contribution in [0.25, 0.3) is 10.2 Å². The summed E-state index contributed by atoms with van der Waals surface area (Å²) in [6.45, 7) is 3.64. The maximum absolute atomic E-state index is 13.3. The predicted octanol–water partition coefficient (Wildman–Crippen LogP) is 2.54. The Hall–Kier alpha value is -2.87. The van der Waals surface area contributed by atoms with Crippen LogP contribution in [-0.2, 0) is 17.9 Å². The first kappa shape index (κ1) is 20.4. The lowest BCUT2D eigenvalue weighted by Gasteiger charge is -2.30. The normalized spacial score (nSPS) is 14.9. The SMILES string of the molecule is COc1ccccc1Cn1c(=O)c2sccc2n(CC(=O)N2CCC(C)CC2)c1=O. The van der Waals surface area contributed by atoms with Gasteiger partial charge in [0.05, 0.1) is 19.2 Å². The van der Waals surface area contributed by atoms with Gasteiger partial charge in [0.25, 0.3) is 5.56 Å². The number of nitrogens with zero attached hydrogens (tertiary/aromatic N) is 3. The lowest BCUT2D eigenvalue weighted by atomic mass is 9.99. The van der Waals surface area contributed by atoms with Crippen LogP contribution in [0.3, 0.4) is 0 Å². The highest BCUT2D eigenvalue weighted by atomic mass is 32.1. The number of piperidine rings is 1. The fourth-order valence-corrected chi connectivity index (χ4v) is 4.77. The summed E-state index contributed by atoms with van der Waals surface area (Å²) < 4.78 is 8.48. The third-order valence-electron chi connectivity index (χ3n) is 5.79. The Labute approximate surface area is 178 Å². The molecular formula is C22H25N3O4S. The Morgan fingerprint density at radius 1 is 1.13 bits per heavy atom. The molecule has 1 fully saturated rings. The summed E-state index contributed by atoms with van der Waals surface area (Å²) in [6.07, 6.45) is 1.95. The summed E-state index contributed by atoms with van der Waals surface area (Å²) in [6, 6.07) is 9.04. The number of rotatable bonds is 5. The highest BCUT2D eigenvalue weighted by Gasteiger charge is 2.23. The van der Waals surface area contributed by atoms with Crippen molar-refractivity contribution in [3.8, 4) is 5.75 Å². The van der Waals surface area contributed by atoms with E-state index in [2.05, 4.69) is 6.92 Å². The second-order valence-corrected chi connectivity index (χ2v) is 8.69. The molecular weight excluding hydrogens is 402 g/mol. The Balaban J connectivity index is 1.73. The van der Waals surface area contributed by atoms with Crippen molar-refractivity contribution in [2.45, 2.75) is 32.9 Å². The number of ether oxygens (including phenoxy) is 1. The van der Waals surface area contributed by atoms with E-state index in [0.29, 0.717) is 35.0 Å². The van der Waals surface area contributed by atoms with Crippen LogP contribution in [0.5, 0.6) is 5.75 Å². The van der Waals surface area contributed by atoms with Gasteiger partial charge in [-0.3, -0.25) is 18.7 Å². The average molecular weight is 428 g/mol. The molecule has 0 N–H and O–H groups in total. The monoisotopic (exact) mass is 427 g/mol. The number of benzene rings is 1. The van der Waals surface area contributed by atoms with Gasteiger partial charge in [0.2, 0.25) is 5.91 Å². The average Bonchev–Trinajstić information content (AvgIpc) is 3.25. The summed E-state index contributed by atoms with van der Waals surface area (Å²) >= 11 is 1.29. The minimum Gasteiger partial charge on any atom is -0.496 e. The van der Waals surface area contributed by atoms with Crippen molar-refractivity contribution in [2.75, 3.05) is 20.2 Å². The van der Waals surface area contributed by atoms with Gasteiger partial charge >= 0.3 is 5.69 Å². The highest BCUT2D eigenvalue weighted by Crippen LogP contribution is 2.20. The van der Waals surface area contributed by atoms with Crippen LogP contribution < -0.4 is 16.0 Å². The number of amides is 1. The van der Waals surface area contributed by atoms with Crippen LogP contribution in [0.4, 0.5) is 0 Å². The van der Waals surface area contributed by atoms with Crippen molar-refractivity contribution in [3.05, 3.63) is 62.1 Å². The van der Waals surface area contributed by atoms with Crippen molar-refractivity contribution in [2.24, 2.45) is 5.92 Å². The standard InChI is InChI=1S/C22H25N3O4S/c1-15-7-10-23(11-8-15)19(26)14-24-17-9-12-30-20(17)21(27)25(22(24)28)13-16-5-3-4-6-18(16)29-2/h3-6,9,12,15H,7-8,10-11,13-14H2,1-2H3. The first-order valence-corrected chi connectivity index (χ1v) is 11.0. The largest absolute Gasteiger partial charge is 0.496 e. The van der Waals surface area contributed by atoms with Gasteiger partial charge in [-0.2, -0.15) is 0 Å². The topological polar surface area (TPSA) is 73.5 Å². The number of hydrogen-bond acceptors (Lipinski definition) is 5. The summed E-state index contributed by atoms with van der Waals surface area (Å²) in [4.78, 5) is 41.0. The maximum atomic E-state index is 13.3. The molecule has 8 heteroatoms. The van der Waals surface area contributed by atoms with Crippen LogP contribution in [0, 0.1) is 5.92 Å². The van der Waals surface area contributed by atoms with Crippen molar-refractivity contribution in [1.82, 2.24) is 14.0 Å². The lowest BCUT2D eigenvalue weighted by Crippen LogP contribution is -2.45. The van der Waals surface area contributed by atoms with E-state index in [4.69, 9.17) is 4.74 Å². The molecule has 0 spiro atoms. The smallest absolute Gasteiger partial charge is 0.332 e. The Morgan fingerprint density at radius 3 is 2.60 bits per heavy atom. The molecule has 0 aliphatic carbocycles. The van der Waals surface area contributed by atoms with Crippen molar-refractivity contribution < 1.29 is 9.53 Å². The fourth-order valence-electron chi connectivity index (χ4n) is 3.92. The summed E-state index contributed by atoms with van der Waals surface area (Å²) in [7, 11) is 1.56. The van der Waals surface area contributed by atoms with Crippen molar-refractivity contribution >= 4 is 27.5 Å². The molecule has 0 radical (unpaired) electrons. The van der Waals surface area contributed by atoms with Gasteiger partial charge in [0.15, 0.2) is 0 Å². The molecule has 1 aromatic carbocycles. The quantitative estimate of drug-likeness (QED) is 0.627.